The molecule has 0 aromatic rings. The standard InChI is InChI=1S/C13H19NO5/c1-12(2)6-9(13(3,4)14(12)17)11(16)19-8-5-10(15)18-7-8/h6,8,17H,5,7H2,1-4H3/t8-/m1/s1. The predicted molar refractivity (Wildman–Crippen MR) is 65.3 cm³/mol. The Morgan fingerprint density at radius 1 is 1.47 bits per heavy atom. The van der Waals surface area contributed by atoms with Gasteiger partial charge in [0.2, 0.25) is 0 Å². The maximum absolute atomic E-state index is 12.2. The molecule has 0 unspecified atom stereocenters. The molecule has 6 heteroatoms. The molecule has 1 atom stereocenters. The monoisotopic (exact) mass is 269 g/mol. The molecule has 2 heterocycles. The normalized spacial score (nSPS) is 29.0. The smallest absolute Gasteiger partial charge is 0.336 e. The third-order valence-corrected chi connectivity index (χ3v) is 3.55. The summed E-state index contributed by atoms with van der Waals surface area (Å²) < 4.78 is 10.00. The number of hydrogen-bond acceptors (Lipinski definition) is 6. The molecule has 0 radical (unpaired) electrons. The molecule has 0 aromatic carbocycles. The van der Waals surface area contributed by atoms with Gasteiger partial charge in [0.15, 0.2) is 0 Å². The van der Waals surface area contributed by atoms with E-state index in [1.807, 2.05) is 0 Å². The molecular formula is C13H19NO5. The van der Waals surface area contributed by atoms with Gasteiger partial charge in [0.25, 0.3) is 0 Å². The van der Waals surface area contributed by atoms with E-state index in [1.54, 1.807) is 33.8 Å². The summed E-state index contributed by atoms with van der Waals surface area (Å²) >= 11 is 0. The molecule has 2 rings (SSSR count). The minimum absolute atomic E-state index is 0.0890. The molecule has 6 nitrogen and oxygen atoms in total. The number of cyclic esters (lactones) is 1. The lowest BCUT2D eigenvalue weighted by atomic mass is 9.97. The summed E-state index contributed by atoms with van der Waals surface area (Å²) in [6, 6.07) is 0. The average Bonchev–Trinajstić information content (AvgIpc) is 2.75. The van der Waals surface area contributed by atoms with Gasteiger partial charge in [-0.2, -0.15) is 5.06 Å². The van der Waals surface area contributed by atoms with E-state index in [1.165, 1.54) is 0 Å². The zero-order valence-corrected chi connectivity index (χ0v) is 11.6. The molecule has 0 saturated carbocycles. The summed E-state index contributed by atoms with van der Waals surface area (Å²) in [4.78, 5) is 23.1. The van der Waals surface area contributed by atoms with Crippen LogP contribution in [-0.4, -0.2) is 46.0 Å². The molecule has 2 aliphatic rings. The fourth-order valence-corrected chi connectivity index (χ4v) is 2.51. The number of rotatable bonds is 2. The molecule has 0 bridgehead atoms. The van der Waals surface area contributed by atoms with E-state index < -0.39 is 23.2 Å². The van der Waals surface area contributed by atoms with E-state index in [9.17, 15) is 14.8 Å². The zero-order valence-electron chi connectivity index (χ0n) is 11.6. The van der Waals surface area contributed by atoms with E-state index in [0.29, 0.717) is 5.57 Å². The first-order chi connectivity index (χ1) is 8.64. The number of ether oxygens (including phenoxy) is 2. The minimum Gasteiger partial charge on any atom is -0.462 e. The van der Waals surface area contributed by atoms with E-state index >= 15 is 0 Å². The molecule has 2 aliphatic heterocycles. The molecular weight excluding hydrogens is 250 g/mol. The molecule has 1 saturated heterocycles. The second kappa shape index (κ2) is 4.31. The molecule has 106 valence electrons. The average molecular weight is 269 g/mol. The van der Waals surface area contributed by atoms with Crippen molar-refractivity contribution in [3.05, 3.63) is 11.6 Å². The maximum atomic E-state index is 12.2. The second-order valence-electron chi connectivity index (χ2n) is 6.00. The van der Waals surface area contributed by atoms with E-state index in [0.717, 1.165) is 5.06 Å². The first kappa shape index (κ1) is 14.0. The third kappa shape index (κ3) is 2.37. The summed E-state index contributed by atoms with van der Waals surface area (Å²) in [5, 5.41) is 11.2. The molecule has 0 spiro atoms. The molecule has 0 amide bonds. The highest BCUT2D eigenvalue weighted by molar-refractivity contribution is 5.92. The van der Waals surface area contributed by atoms with Crippen molar-refractivity contribution < 1.29 is 24.3 Å². The number of hydrogen-bond donors (Lipinski definition) is 1. The van der Waals surface area contributed by atoms with Crippen molar-refractivity contribution in [2.24, 2.45) is 0 Å². The van der Waals surface area contributed by atoms with Crippen LogP contribution in [0, 0.1) is 0 Å². The SMILES string of the molecule is CC1(C)C=C(C(=O)O[C@H]2COC(=O)C2)C(C)(C)N1O. The predicted octanol–water partition coefficient (Wildman–Crippen LogP) is 1.03. The second-order valence-corrected chi connectivity index (χ2v) is 6.00. The first-order valence-electron chi connectivity index (χ1n) is 6.24. The van der Waals surface area contributed by atoms with Gasteiger partial charge in [0.05, 0.1) is 23.1 Å². The van der Waals surface area contributed by atoms with Gasteiger partial charge < -0.3 is 14.7 Å². The first-order valence-corrected chi connectivity index (χ1v) is 6.24. The Kier molecular flexibility index (Phi) is 3.18. The van der Waals surface area contributed by atoms with Crippen LogP contribution in [0.25, 0.3) is 0 Å². The van der Waals surface area contributed by atoms with Crippen LogP contribution in [0.5, 0.6) is 0 Å². The third-order valence-electron chi connectivity index (χ3n) is 3.55. The van der Waals surface area contributed by atoms with Crippen molar-refractivity contribution >= 4 is 11.9 Å². The summed E-state index contributed by atoms with van der Waals surface area (Å²) in [5.74, 6) is -0.875. The lowest BCUT2D eigenvalue weighted by molar-refractivity contribution is -0.188. The topological polar surface area (TPSA) is 76.1 Å². The lowest BCUT2D eigenvalue weighted by Gasteiger charge is -2.35. The van der Waals surface area contributed by atoms with E-state index in [4.69, 9.17) is 9.47 Å². The van der Waals surface area contributed by atoms with Crippen LogP contribution in [0.1, 0.15) is 34.1 Å². The molecule has 1 fully saturated rings. The van der Waals surface area contributed by atoms with Gasteiger partial charge >= 0.3 is 11.9 Å². The zero-order chi connectivity index (χ0) is 14.4. The van der Waals surface area contributed by atoms with Crippen LogP contribution in [0.4, 0.5) is 0 Å². The Morgan fingerprint density at radius 3 is 2.53 bits per heavy atom. The summed E-state index contributed by atoms with van der Waals surface area (Å²) in [6.45, 7) is 7.19. The van der Waals surface area contributed by atoms with Crippen molar-refractivity contribution in [2.45, 2.75) is 51.3 Å². The van der Waals surface area contributed by atoms with Crippen molar-refractivity contribution in [1.29, 1.82) is 0 Å². The molecule has 0 aliphatic carbocycles. The summed E-state index contributed by atoms with van der Waals surface area (Å²) in [7, 11) is 0. The fraction of sp³-hybridized carbons (Fsp3) is 0.692. The number of esters is 2. The number of carbonyl (C=O) groups is 2. The van der Waals surface area contributed by atoms with Gasteiger partial charge in [-0.05, 0) is 27.7 Å². The van der Waals surface area contributed by atoms with Crippen LogP contribution in [0.2, 0.25) is 0 Å². The Labute approximate surface area is 111 Å². The van der Waals surface area contributed by atoms with Gasteiger partial charge in [-0.1, -0.05) is 6.08 Å². The van der Waals surface area contributed by atoms with Crippen LogP contribution in [-0.2, 0) is 19.1 Å². The molecule has 19 heavy (non-hydrogen) atoms. The van der Waals surface area contributed by atoms with E-state index in [-0.39, 0.29) is 19.0 Å². The Morgan fingerprint density at radius 2 is 2.11 bits per heavy atom. The lowest BCUT2D eigenvalue weighted by Crippen LogP contribution is -2.48. The van der Waals surface area contributed by atoms with Crippen LogP contribution < -0.4 is 0 Å². The summed E-state index contributed by atoms with van der Waals surface area (Å²) in [6.07, 6.45) is 1.24. The highest BCUT2D eigenvalue weighted by Crippen LogP contribution is 2.39. The van der Waals surface area contributed by atoms with Crippen LogP contribution in [0.15, 0.2) is 11.6 Å². The molecule has 0 aromatic heterocycles. The Hall–Kier alpha value is -1.40. The number of nitrogens with zero attached hydrogens (tertiary/aromatic N) is 1. The largest absolute Gasteiger partial charge is 0.462 e. The molecule has 1 N–H and O–H groups in total. The highest BCUT2D eigenvalue weighted by Gasteiger charge is 2.48. The fourth-order valence-electron chi connectivity index (χ4n) is 2.51. The van der Waals surface area contributed by atoms with Gasteiger partial charge in [0.1, 0.15) is 12.7 Å². The van der Waals surface area contributed by atoms with Crippen molar-refractivity contribution in [3.63, 3.8) is 0 Å². The Bertz CT molecular complexity index is 452. The van der Waals surface area contributed by atoms with Crippen molar-refractivity contribution in [2.75, 3.05) is 6.61 Å². The maximum Gasteiger partial charge on any atom is 0.336 e. The Balaban J connectivity index is 2.13. The van der Waals surface area contributed by atoms with Crippen LogP contribution in [0.3, 0.4) is 0 Å². The quantitative estimate of drug-likeness (QED) is 0.755. The van der Waals surface area contributed by atoms with Gasteiger partial charge in [-0.15, -0.1) is 0 Å². The van der Waals surface area contributed by atoms with Crippen LogP contribution >= 0.6 is 0 Å². The van der Waals surface area contributed by atoms with Gasteiger partial charge in [-0.3, -0.25) is 4.79 Å². The van der Waals surface area contributed by atoms with E-state index in [2.05, 4.69) is 0 Å². The van der Waals surface area contributed by atoms with Gasteiger partial charge in [0, 0.05) is 0 Å². The number of hydroxylamine groups is 2. The number of carbonyl (C=O) groups excluding carboxylic acids is 2. The summed E-state index contributed by atoms with van der Waals surface area (Å²) in [5.41, 5.74) is -1.08. The van der Waals surface area contributed by atoms with Crippen molar-refractivity contribution in [3.8, 4) is 0 Å². The van der Waals surface area contributed by atoms with Crippen molar-refractivity contribution in [1.82, 2.24) is 5.06 Å². The minimum atomic E-state index is -0.829. The van der Waals surface area contributed by atoms with Gasteiger partial charge in [-0.25, -0.2) is 4.79 Å². The highest BCUT2D eigenvalue weighted by atomic mass is 16.6.